The van der Waals surface area contributed by atoms with Crippen LogP contribution in [0, 0.1) is 5.41 Å². The van der Waals surface area contributed by atoms with Crippen LogP contribution < -0.4 is 0 Å². The molecular weight excluding hydrogens is 236 g/mol. The van der Waals surface area contributed by atoms with E-state index in [-0.39, 0.29) is 25.0 Å². The maximum absolute atomic E-state index is 11.8. The van der Waals surface area contributed by atoms with Crippen LogP contribution in [0.25, 0.3) is 0 Å². The average molecular weight is 260 g/mol. The molecule has 0 aliphatic carbocycles. The Kier molecular flexibility index (Phi) is 7.59. The highest BCUT2D eigenvalue weighted by molar-refractivity contribution is 5.75. The maximum Gasteiger partial charge on any atom is 0.313 e. The summed E-state index contributed by atoms with van der Waals surface area (Å²) < 4.78 is 15.1. The fraction of sp³-hybridized carbons (Fsp3) is 0.846. The van der Waals surface area contributed by atoms with Crippen molar-refractivity contribution in [3.63, 3.8) is 0 Å². The van der Waals surface area contributed by atoms with Crippen molar-refractivity contribution in [2.75, 3.05) is 13.7 Å². The SMILES string of the molecule is CCC(OCCC(=O)OC)OC(=O)C(C)(C)CC. The molecule has 0 rings (SSSR count). The van der Waals surface area contributed by atoms with E-state index in [4.69, 9.17) is 9.47 Å². The van der Waals surface area contributed by atoms with E-state index in [1.54, 1.807) is 0 Å². The summed E-state index contributed by atoms with van der Waals surface area (Å²) in [7, 11) is 1.32. The van der Waals surface area contributed by atoms with Crippen LogP contribution in [0.2, 0.25) is 0 Å². The molecule has 1 atom stereocenters. The van der Waals surface area contributed by atoms with Crippen LogP contribution in [0.4, 0.5) is 0 Å². The number of ether oxygens (including phenoxy) is 3. The van der Waals surface area contributed by atoms with Crippen LogP contribution in [-0.4, -0.2) is 31.9 Å². The van der Waals surface area contributed by atoms with Crippen LogP contribution in [0.5, 0.6) is 0 Å². The first kappa shape index (κ1) is 16.9. The van der Waals surface area contributed by atoms with E-state index >= 15 is 0 Å². The monoisotopic (exact) mass is 260 g/mol. The summed E-state index contributed by atoms with van der Waals surface area (Å²) >= 11 is 0. The van der Waals surface area contributed by atoms with Crippen molar-refractivity contribution < 1.29 is 23.8 Å². The molecule has 0 aliphatic rings. The maximum atomic E-state index is 11.8. The zero-order chi connectivity index (χ0) is 14.2. The molecule has 5 heteroatoms. The van der Waals surface area contributed by atoms with Crippen molar-refractivity contribution in [1.29, 1.82) is 0 Å². The topological polar surface area (TPSA) is 61.8 Å². The second kappa shape index (κ2) is 8.08. The molecule has 0 heterocycles. The van der Waals surface area contributed by atoms with Crippen LogP contribution in [-0.2, 0) is 23.8 Å². The Balaban J connectivity index is 4.12. The van der Waals surface area contributed by atoms with E-state index in [1.807, 2.05) is 27.7 Å². The van der Waals surface area contributed by atoms with Crippen molar-refractivity contribution in [2.24, 2.45) is 5.41 Å². The number of carbonyl (C=O) groups is 2. The van der Waals surface area contributed by atoms with E-state index in [9.17, 15) is 9.59 Å². The lowest BCUT2D eigenvalue weighted by atomic mass is 9.91. The predicted octanol–water partition coefficient (Wildman–Crippen LogP) is 2.28. The van der Waals surface area contributed by atoms with Gasteiger partial charge < -0.3 is 14.2 Å². The predicted molar refractivity (Wildman–Crippen MR) is 66.8 cm³/mol. The number of rotatable bonds is 8. The molecule has 0 N–H and O–H groups in total. The largest absolute Gasteiger partial charge is 0.469 e. The van der Waals surface area contributed by atoms with Gasteiger partial charge in [0.25, 0.3) is 0 Å². The van der Waals surface area contributed by atoms with Gasteiger partial charge >= 0.3 is 11.9 Å². The van der Waals surface area contributed by atoms with Gasteiger partial charge in [-0.2, -0.15) is 0 Å². The molecule has 0 aromatic heterocycles. The first-order valence-corrected chi connectivity index (χ1v) is 6.26. The van der Waals surface area contributed by atoms with E-state index < -0.39 is 11.7 Å². The normalized spacial score (nSPS) is 12.9. The Hall–Kier alpha value is -1.10. The van der Waals surface area contributed by atoms with Gasteiger partial charge in [-0.3, -0.25) is 9.59 Å². The Morgan fingerprint density at radius 3 is 2.28 bits per heavy atom. The quantitative estimate of drug-likeness (QED) is 0.495. The van der Waals surface area contributed by atoms with Crippen molar-refractivity contribution >= 4 is 11.9 Å². The highest BCUT2D eigenvalue weighted by Gasteiger charge is 2.29. The van der Waals surface area contributed by atoms with Crippen LogP contribution in [0.15, 0.2) is 0 Å². The standard InChI is InChI=1S/C13H24O5/c1-6-11(17-9-8-10(14)16-5)18-12(15)13(3,4)7-2/h11H,6-9H2,1-5H3. The fourth-order valence-electron chi connectivity index (χ4n) is 1.03. The van der Waals surface area contributed by atoms with E-state index in [0.29, 0.717) is 12.8 Å². The van der Waals surface area contributed by atoms with Gasteiger partial charge in [0.05, 0.1) is 25.6 Å². The molecule has 0 fully saturated rings. The number of esters is 2. The lowest BCUT2D eigenvalue weighted by molar-refractivity contribution is -0.190. The molecule has 106 valence electrons. The summed E-state index contributed by atoms with van der Waals surface area (Å²) in [5.74, 6) is -0.625. The Bertz CT molecular complexity index is 273. The second-order valence-electron chi connectivity index (χ2n) is 4.68. The average Bonchev–Trinajstić information content (AvgIpc) is 2.36. The van der Waals surface area contributed by atoms with Crippen molar-refractivity contribution in [2.45, 2.75) is 53.2 Å². The Morgan fingerprint density at radius 2 is 1.83 bits per heavy atom. The zero-order valence-electron chi connectivity index (χ0n) is 11.9. The van der Waals surface area contributed by atoms with Crippen molar-refractivity contribution in [3.05, 3.63) is 0 Å². The summed E-state index contributed by atoms with van der Waals surface area (Å²) in [5.41, 5.74) is -0.515. The molecule has 0 aliphatic heterocycles. The Labute approximate surface area is 109 Å². The van der Waals surface area contributed by atoms with Crippen molar-refractivity contribution in [1.82, 2.24) is 0 Å². The highest BCUT2D eigenvalue weighted by Crippen LogP contribution is 2.22. The highest BCUT2D eigenvalue weighted by atomic mass is 16.7. The molecular formula is C13H24O5. The van der Waals surface area contributed by atoms with Gasteiger partial charge in [0.15, 0.2) is 0 Å². The molecule has 0 saturated heterocycles. The van der Waals surface area contributed by atoms with E-state index in [0.717, 1.165) is 0 Å². The third kappa shape index (κ3) is 6.00. The van der Waals surface area contributed by atoms with Gasteiger partial charge in [0.1, 0.15) is 0 Å². The fourth-order valence-corrected chi connectivity index (χ4v) is 1.03. The van der Waals surface area contributed by atoms with Crippen molar-refractivity contribution in [3.8, 4) is 0 Å². The summed E-state index contributed by atoms with van der Waals surface area (Å²) in [6, 6.07) is 0. The molecule has 0 radical (unpaired) electrons. The van der Waals surface area contributed by atoms with Gasteiger partial charge in [-0.05, 0) is 20.3 Å². The van der Waals surface area contributed by atoms with Gasteiger partial charge in [-0.1, -0.05) is 13.8 Å². The summed E-state index contributed by atoms with van der Waals surface area (Å²) in [6.45, 7) is 7.63. The van der Waals surface area contributed by atoms with E-state index in [1.165, 1.54) is 7.11 Å². The smallest absolute Gasteiger partial charge is 0.313 e. The number of hydrogen-bond donors (Lipinski definition) is 0. The lowest BCUT2D eigenvalue weighted by Gasteiger charge is -2.24. The molecule has 0 saturated carbocycles. The molecule has 0 amide bonds. The molecule has 0 aromatic carbocycles. The number of carbonyl (C=O) groups excluding carboxylic acids is 2. The minimum Gasteiger partial charge on any atom is -0.469 e. The molecule has 0 aromatic rings. The number of hydrogen-bond acceptors (Lipinski definition) is 5. The van der Waals surface area contributed by atoms with E-state index in [2.05, 4.69) is 4.74 Å². The third-order valence-electron chi connectivity index (χ3n) is 2.85. The minimum atomic E-state index is -0.604. The molecule has 1 unspecified atom stereocenters. The summed E-state index contributed by atoms with van der Waals surface area (Å²) in [5, 5.41) is 0. The third-order valence-corrected chi connectivity index (χ3v) is 2.85. The van der Waals surface area contributed by atoms with Crippen LogP contribution >= 0.6 is 0 Å². The second-order valence-corrected chi connectivity index (χ2v) is 4.68. The molecule has 5 nitrogen and oxygen atoms in total. The van der Waals surface area contributed by atoms with Crippen LogP contribution in [0.3, 0.4) is 0 Å². The lowest BCUT2D eigenvalue weighted by Crippen LogP contribution is -2.31. The summed E-state index contributed by atoms with van der Waals surface area (Å²) in [4.78, 5) is 22.7. The molecule has 18 heavy (non-hydrogen) atoms. The van der Waals surface area contributed by atoms with Gasteiger partial charge in [0.2, 0.25) is 6.29 Å². The number of methoxy groups -OCH3 is 1. The molecule has 0 bridgehead atoms. The van der Waals surface area contributed by atoms with Gasteiger partial charge in [-0.25, -0.2) is 0 Å². The van der Waals surface area contributed by atoms with Gasteiger partial charge in [-0.15, -0.1) is 0 Å². The zero-order valence-corrected chi connectivity index (χ0v) is 11.9. The first-order valence-electron chi connectivity index (χ1n) is 6.26. The minimum absolute atomic E-state index is 0.154. The summed E-state index contributed by atoms with van der Waals surface area (Å²) in [6.07, 6.45) is 0.798. The first-order chi connectivity index (χ1) is 8.37. The van der Waals surface area contributed by atoms with Gasteiger partial charge in [0, 0.05) is 6.42 Å². The van der Waals surface area contributed by atoms with Crippen LogP contribution in [0.1, 0.15) is 47.0 Å². The Morgan fingerprint density at radius 1 is 1.22 bits per heavy atom. The molecule has 0 spiro atoms.